The standard InChI is InChI=1S/C15H16N2O/c16-12-6-8-13(9-7-12)18-14-5-1-3-11-4-2-10-17-15(11)14/h2,4,6-10,14H,1,3,5,16H2. The van der Waals surface area contributed by atoms with Crippen molar-refractivity contribution in [1.29, 1.82) is 0 Å². The minimum Gasteiger partial charge on any atom is -0.484 e. The zero-order chi connectivity index (χ0) is 12.4. The highest BCUT2D eigenvalue weighted by Gasteiger charge is 2.22. The second kappa shape index (κ2) is 4.69. The van der Waals surface area contributed by atoms with E-state index in [4.69, 9.17) is 10.5 Å². The molecule has 0 saturated carbocycles. The minimum atomic E-state index is 0.0681. The number of hydrogen-bond donors (Lipinski definition) is 1. The van der Waals surface area contributed by atoms with Gasteiger partial charge in [-0.3, -0.25) is 4.98 Å². The average Bonchev–Trinajstić information content (AvgIpc) is 2.42. The largest absolute Gasteiger partial charge is 0.484 e. The topological polar surface area (TPSA) is 48.1 Å². The Balaban J connectivity index is 1.84. The van der Waals surface area contributed by atoms with Crippen molar-refractivity contribution < 1.29 is 4.74 Å². The van der Waals surface area contributed by atoms with Crippen LogP contribution in [0.5, 0.6) is 5.75 Å². The molecule has 1 atom stereocenters. The molecule has 0 aliphatic heterocycles. The van der Waals surface area contributed by atoms with E-state index in [0.29, 0.717) is 0 Å². The van der Waals surface area contributed by atoms with E-state index in [-0.39, 0.29) is 6.10 Å². The van der Waals surface area contributed by atoms with E-state index in [0.717, 1.165) is 36.4 Å². The highest BCUT2D eigenvalue weighted by atomic mass is 16.5. The molecule has 3 rings (SSSR count). The molecule has 18 heavy (non-hydrogen) atoms. The number of pyridine rings is 1. The van der Waals surface area contributed by atoms with Gasteiger partial charge in [0, 0.05) is 11.9 Å². The van der Waals surface area contributed by atoms with Crippen LogP contribution in [-0.2, 0) is 6.42 Å². The highest BCUT2D eigenvalue weighted by molar-refractivity contribution is 5.41. The highest BCUT2D eigenvalue weighted by Crippen LogP contribution is 2.32. The van der Waals surface area contributed by atoms with Crippen LogP contribution < -0.4 is 10.5 Å². The Kier molecular flexibility index (Phi) is 2.89. The summed E-state index contributed by atoms with van der Waals surface area (Å²) in [6.45, 7) is 0. The number of benzene rings is 1. The number of nitrogens with zero attached hydrogens (tertiary/aromatic N) is 1. The van der Waals surface area contributed by atoms with Crippen LogP contribution in [0.1, 0.15) is 30.2 Å². The van der Waals surface area contributed by atoms with Gasteiger partial charge in [0.2, 0.25) is 0 Å². The maximum Gasteiger partial charge on any atom is 0.141 e. The molecule has 1 aliphatic carbocycles. The molecule has 0 amide bonds. The molecular weight excluding hydrogens is 224 g/mol. The average molecular weight is 240 g/mol. The normalized spacial score (nSPS) is 18.1. The summed E-state index contributed by atoms with van der Waals surface area (Å²) in [5, 5.41) is 0. The molecule has 0 radical (unpaired) electrons. The third-order valence-corrected chi connectivity index (χ3v) is 3.30. The van der Waals surface area contributed by atoms with E-state index in [9.17, 15) is 0 Å². The van der Waals surface area contributed by atoms with Crippen LogP contribution in [-0.4, -0.2) is 4.98 Å². The van der Waals surface area contributed by atoms with Crippen LogP contribution in [0.15, 0.2) is 42.6 Å². The lowest BCUT2D eigenvalue weighted by Crippen LogP contribution is -2.16. The third kappa shape index (κ3) is 2.16. The van der Waals surface area contributed by atoms with E-state index in [1.165, 1.54) is 5.56 Å². The van der Waals surface area contributed by atoms with Crippen molar-refractivity contribution in [2.24, 2.45) is 0 Å². The second-order valence-corrected chi connectivity index (χ2v) is 4.62. The van der Waals surface area contributed by atoms with Gasteiger partial charge < -0.3 is 10.5 Å². The zero-order valence-electron chi connectivity index (χ0n) is 10.2. The lowest BCUT2D eigenvalue weighted by Gasteiger charge is -2.25. The summed E-state index contributed by atoms with van der Waals surface area (Å²) in [6.07, 6.45) is 5.18. The quantitative estimate of drug-likeness (QED) is 0.820. The summed E-state index contributed by atoms with van der Waals surface area (Å²) in [7, 11) is 0. The van der Waals surface area contributed by atoms with Crippen molar-refractivity contribution in [2.45, 2.75) is 25.4 Å². The van der Waals surface area contributed by atoms with Crippen molar-refractivity contribution in [3.05, 3.63) is 53.9 Å². The molecule has 0 spiro atoms. The number of hydrogen-bond acceptors (Lipinski definition) is 3. The predicted octanol–water partition coefficient (Wildman–Crippen LogP) is 3.12. The number of rotatable bonds is 2. The fourth-order valence-corrected chi connectivity index (χ4v) is 2.39. The van der Waals surface area contributed by atoms with Gasteiger partial charge in [-0.1, -0.05) is 6.07 Å². The van der Waals surface area contributed by atoms with Gasteiger partial charge in [0.25, 0.3) is 0 Å². The summed E-state index contributed by atoms with van der Waals surface area (Å²) >= 11 is 0. The monoisotopic (exact) mass is 240 g/mol. The number of aryl methyl sites for hydroxylation is 1. The Hall–Kier alpha value is -2.03. The van der Waals surface area contributed by atoms with Crippen LogP contribution in [0.3, 0.4) is 0 Å². The van der Waals surface area contributed by atoms with Gasteiger partial charge in [0.05, 0.1) is 5.69 Å². The lowest BCUT2D eigenvalue weighted by molar-refractivity contribution is 0.178. The molecule has 0 saturated heterocycles. The molecule has 2 aromatic rings. The molecule has 1 aromatic heterocycles. The predicted molar refractivity (Wildman–Crippen MR) is 71.4 cm³/mol. The van der Waals surface area contributed by atoms with E-state index in [1.807, 2.05) is 36.5 Å². The summed E-state index contributed by atoms with van der Waals surface area (Å²) < 4.78 is 6.02. The molecule has 2 N–H and O–H groups in total. The van der Waals surface area contributed by atoms with Crippen molar-refractivity contribution in [3.8, 4) is 5.75 Å². The lowest BCUT2D eigenvalue weighted by atomic mass is 9.94. The third-order valence-electron chi connectivity index (χ3n) is 3.30. The Bertz CT molecular complexity index is 536. The Morgan fingerprint density at radius 3 is 2.83 bits per heavy atom. The van der Waals surface area contributed by atoms with E-state index >= 15 is 0 Å². The number of anilines is 1. The van der Waals surface area contributed by atoms with Crippen molar-refractivity contribution in [1.82, 2.24) is 4.98 Å². The minimum absolute atomic E-state index is 0.0681. The Labute approximate surface area is 107 Å². The summed E-state index contributed by atoms with van der Waals surface area (Å²) in [5.74, 6) is 0.854. The zero-order valence-corrected chi connectivity index (χ0v) is 10.2. The fourth-order valence-electron chi connectivity index (χ4n) is 2.39. The van der Waals surface area contributed by atoms with Gasteiger partial charge in [-0.2, -0.15) is 0 Å². The fraction of sp³-hybridized carbons (Fsp3) is 0.267. The first-order valence-electron chi connectivity index (χ1n) is 6.29. The first-order valence-corrected chi connectivity index (χ1v) is 6.29. The molecule has 92 valence electrons. The van der Waals surface area contributed by atoms with Crippen LogP contribution in [0.2, 0.25) is 0 Å². The van der Waals surface area contributed by atoms with Gasteiger partial charge in [0.1, 0.15) is 11.9 Å². The van der Waals surface area contributed by atoms with Crippen molar-refractivity contribution in [3.63, 3.8) is 0 Å². The molecule has 0 fully saturated rings. The molecule has 1 unspecified atom stereocenters. The molecule has 1 heterocycles. The number of aromatic nitrogens is 1. The maximum absolute atomic E-state index is 6.02. The number of ether oxygens (including phenoxy) is 1. The molecule has 3 nitrogen and oxygen atoms in total. The molecule has 1 aromatic carbocycles. The van der Waals surface area contributed by atoms with Gasteiger partial charge >= 0.3 is 0 Å². The number of nitrogens with two attached hydrogens (primary N) is 1. The van der Waals surface area contributed by atoms with E-state index in [1.54, 1.807) is 0 Å². The summed E-state index contributed by atoms with van der Waals surface area (Å²) in [6, 6.07) is 11.7. The SMILES string of the molecule is Nc1ccc(OC2CCCc3cccnc32)cc1. The van der Waals surface area contributed by atoms with E-state index in [2.05, 4.69) is 11.1 Å². The maximum atomic E-state index is 6.02. The Morgan fingerprint density at radius 1 is 1.17 bits per heavy atom. The van der Waals surface area contributed by atoms with Crippen LogP contribution in [0.25, 0.3) is 0 Å². The van der Waals surface area contributed by atoms with Crippen LogP contribution >= 0.6 is 0 Å². The van der Waals surface area contributed by atoms with Crippen molar-refractivity contribution in [2.75, 3.05) is 5.73 Å². The molecule has 1 aliphatic rings. The number of fused-ring (bicyclic) bond motifs is 1. The van der Waals surface area contributed by atoms with Crippen molar-refractivity contribution >= 4 is 5.69 Å². The smallest absolute Gasteiger partial charge is 0.141 e. The van der Waals surface area contributed by atoms with Crippen LogP contribution in [0, 0.1) is 0 Å². The van der Waals surface area contributed by atoms with Gasteiger partial charge in [-0.25, -0.2) is 0 Å². The molecule has 3 heteroatoms. The summed E-state index contributed by atoms with van der Waals surface area (Å²) in [4.78, 5) is 4.46. The second-order valence-electron chi connectivity index (χ2n) is 4.62. The van der Waals surface area contributed by atoms with Gasteiger partial charge in [-0.05, 0) is 55.2 Å². The molecular formula is C15H16N2O. The first-order chi connectivity index (χ1) is 8.83. The van der Waals surface area contributed by atoms with Crippen LogP contribution in [0.4, 0.5) is 5.69 Å². The number of nitrogen functional groups attached to an aromatic ring is 1. The first kappa shape index (κ1) is 11.1. The van der Waals surface area contributed by atoms with Gasteiger partial charge in [0.15, 0.2) is 0 Å². The summed E-state index contributed by atoms with van der Waals surface area (Å²) in [5.41, 5.74) is 8.82. The van der Waals surface area contributed by atoms with E-state index < -0.39 is 0 Å². The van der Waals surface area contributed by atoms with Gasteiger partial charge in [-0.15, -0.1) is 0 Å². The Morgan fingerprint density at radius 2 is 2.00 bits per heavy atom. The molecule has 0 bridgehead atoms.